The van der Waals surface area contributed by atoms with E-state index in [0.29, 0.717) is 27.5 Å². The first-order valence-corrected chi connectivity index (χ1v) is 9.24. The minimum Gasteiger partial charge on any atom is -0.493 e. The van der Waals surface area contributed by atoms with Gasteiger partial charge in [-0.3, -0.25) is 4.79 Å². The molecule has 0 bridgehead atoms. The molecule has 0 unspecified atom stereocenters. The summed E-state index contributed by atoms with van der Waals surface area (Å²) in [5.74, 6) is 1.44. The van der Waals surface area contributed by atoms with E-state index in [1.54, 1.807) is 12.1 Å². The molecule has 3 aromatic rings. The number of nitrogens with zero attached hydrogens (tertiary/aromatic N) is 2. The summed E-state index contributed by atoms with van der Waals surface area (Å²) in [6.45, 7) is 3.87. The monoisotopic (exact) mass is 403 g/mol. The van der Waals surface area contributed by atoms with E-state index in [-0.39, 0.29) is 12.1 Å². The number of aryl methyl sites for hydroxylation is 2. The number of hydrogen-bond donors (Lipinski definition) is 1. The van der Waals surface area contributed by atoms with Gasteiger partial charge in [0.1, 0.15) is 4.83 Å². The number of methoxy groups -OCH3 is 3. The third-order valence-electron chi connectivity index (χ3n) is 4.24. The smallest absolute Gasteiger partial charge is 0.338 e. The summed E-state index contributed by atoms with van der Waals surface area (Å²) < 4.78 is 17.0. The Kier molecular flexibility index (Phi) is 5.55. The van der Waals surface area contributed by atoms with Crippen molar-refractivity contribution >= 4 is 27.8 Å². The van der Waals surface area contributed by atoms with Gasteiger partial charge in [-0.05, 0) is 54.7 Å². The molecule has 0 aliphatic rings. The molecule has 9 heteroatoms. The summed E-state index contributed by atoms with van der Waals surface area (Å²) in [7, 11) is 4.56. The molecule has 1 amide bonds. The van der Waals surface area contributed by atoms with E-state index in [4.69, 9.17) is 14.2 Å². The fourth-order valence-corrected chi connectivity index (χ4v) is 4.00. The van der Waals surface area contributed by atoms with E-state index in [9.17, 15) is 9.59 Å². The maximum Gasteiger partial charge on any atom is 0.338 e. The van der Waals surface area contributed by atoms with Crippen LogP contribution in [0.25, 0.3) is 10.2 Å². The van der Waals surface area contributed by atoms with Crippen LogP contribution in [0.3, 0.4) is 0 Å². The van der Waals surface area contributed by atoms with Crippen molar-refractivity contribution in [1.29, 1.82) is 0 Å². The number of carbonyl (C=O) groups is 1. The van der Waals surface area contributed by atoms with Crippen molar-refractivity contribution in [2.45, 2.75) is 20.4 Å². The molecule has 0 atom stereocenters. The molecular weight excluding hydrogens is 382 g/mol. The van der Waals surface area contributed by atoms with E-state index >= 15 is 0 Å². The van der Waals surface area contributed by atoms with Crippen molar-refractivity contribution in [3.05, 3.63) is 45.4 Å². The summed E-state index contributed by atoms with van der Waals surface area (Å²) >= 11 is 1.03. The van der Waals surface area contributed by atoms with Crippen molar-refractivity contribution in [2.75, 3.05) is 21.3 Å². The largest absolute Gasteiger partial charge is 0.493 e. The Labute approximate surface area is 165 Å². The summed E-state index contributed by atoms with van der Waals surface area (Å²) in [6, 6.07) is 4.79. The number of benzene rings is 1. The molecule has 2 heterocycles. The average Bonchev–Trinajstić information content (AvgIpc) is 3.01. The Hall–Kier alpha value is -3.07. The van der Waals surface area contributed by atoms with E-state index in [0.717, 1.165) is 32.3 Å². The lowest BCUT2D eigenvalue weighted by Gasteiger charge is -2.14. The Morgan fingerprint density at radius 2 is 1.75 bits per heavy atom. The first-order valence-electron chi connectivity index (χ1n) is 8.47. The molecule has 3 rings (SSSR count). The Bertz CT molecular complexity index is 1080. The Balaban J connectivity index is 1.87. The molecule has 1 aromatic carbocycles. The van der Waals surface area contributed by atoms with Crippen LogP contribution in [0.2, 0.25) is 0 Å². The lowest BCUT2D eigenvalue weighted by atomic mass is 10.2. The number of pyridine rings is 1. The standard InChI is InChI=1S/C19H21N3O5S/c1-10-6-11(2)21-17-15(10)18(23)22(28-17)19(24)20-9-12-7-13(25-3)16(27-5)14(8-12)26-4/h6-8H,9H2,1-5H3,(H,20,24). The van der Waals surface area contributed by atoms with E-state index in [1.807, 2.05) is 19.9 Å². The van der Waals surface area contributed by atoms with Crippen molar-refractivity contribution in [3.8, 4) is 17.2 Å². The summed E-state index contributed by atoms with van der Waals surface area (Å²) in [4.78, 5) is 30.1. The highest BCUT2D eigenvalue weighted by atomic mass is 32.1. The van der Waals surface area contributed by atoms with Gasteiger partial charge < -0.3 is 19.5 Å². The molecule has 28 heavy (non-hydrogen) atoms. The normalized spacial score (nSPS) is 10.8. The van der Waals surface area contributed by atoms with Crippen LogP contribution in [0.15, 0.2) is 23.0 Å². The SMILES string of the molecule is COc1cc(CNC(=O)n2sc3nc(C)cc(C)c3c2=O)cc(OC)c1OC. The molecule has 0 aliphatic carbocycles. The van der Waals surface area contributed by atoms with Crippen molar-refractivity contribution in [2.24, 2.45) is 0 Å². The molecular formula is C19H21N3O5S. The van der Waals surface area contributed by atoms with Gasteiger partial charge in [0, 0.05) is 12.2 Å². The predicted octanol–water partition coefficient (Wildman–Crippen LogP) is 2.86. The quantitative estimate of drug-likeness (QED) is 0.704. The number of fused-ring (bicyclic) bond motifs is 1. The molecule has 8 nitrogen and oxygen atoms in total. The summed E-state index contributed by atoms with van der Waals surface area (Å²) in [6.07, 6.45) is 0. The fourth-order valence-electron chi connectivity index (χ4n) is 2.98. The lowest BCUT2D eigenvalue weighted by Crippen LogP contribution is -2.32. The highest BCUT2D eigenvalue weighted by molar-refractivity contribution is 7.14. The Morgan fingerprint density at radius 3 is 2.32 bits per heavy atom. The fraction of sp³-hybridized carbons (Fsp3) is 0.316. The molecule has 0 aliphatic heterocycles. The molecule has 0 saturated heterocycles. The third kappa shape index (κ3) is 3.53. The van der Waals surface area contributed by atoms with Gasteiger partial charge in [0.05, 0.1) is 26.7 Å². The number of carbonyl (C=O) groups excluding carboxylic acids is 1. The van der Waals surface area contributed by atoms with Crippen molar-refractivity contribution in [1.82, 2.24) is 14.3 Å². The number of amides is 1. The molecule has 0 fully saturated rings. The van der Waals surface area contributed by atoms with E-state index < -0.39 is 6.03 Å². The highest BCUT2D eigenvalue weighted by Crippen LogP contribution is 2.38. The predicted molar refractivity (Wildman–Crippen MR) is 107 cm³/mol. The topological polar surface area (TPSA) is 91.7 Å². The number of ether oxygens (including phenoxy) is 3. The number of nitrogens with one attached hydrogen (secondary N) is 1. The van der Waals surface area contributed by atoms with Crippen LogP contribution in [0.5, 0.6) is 17.2 Å². The number of hydrogen-bond acceptors (Lipinski definition) is 7. The first-order chi connectivity index (χ1) is 13.4. The van der Waals surface area contributed by atoms with Crippen LogP contribution in [0.1, 0.15) is 16.8 Å². The zero-order valence-electron chi connectivity index (χ0n) is 16.3. The van der Waals surface area contributed by atoms with Crippen molar-refractivity contribution < 1.29 is 19.0 Å². The van der Waals surface area contributed by atoms with Crippen LogP contribution in [-0.4, -0.2) is 36.3 Å². The maximum absolute atomic E-state index is 12.6. The van der Waals surface area contributed by atoms with E-state index in [2.05, 4.69) is 10.3 Å². The zero-order chi connectivity index (χ0) is 20.4. The van der Waals surface area contributed by atoms with Gasteiger partial charge in [0.2, 0.25) is 5.75 Å². The number of aromatic nitrogens is 2. The van der Waals surface area contributed by atoms with Crippen LogP contribution in [0.4, 0.5) is 4.79 Å². The molecule has 148 valence electrons. The summed E-state index contributed by atoms with van der Waals surface area (Å²) in [5.41, 5.74) is 1.98. The summed E-state index contributed by atoms with van der Waals surface area (Å²) in [5, 5.41) is 3.22. The molecule has 0 spiro atoms. The van der Waals surface area contributed by atoms with Gasteiger partial charge in [-0.1, -0.05) is 0 Å². The molecule has 0 saturated carbocycles. The van der Waals surface area contributed by atoms with Gasteiger partial charge in [-0.15, -0.1) is 0 Å². The minimum atomic E-state index is -0.515. The molecule has 2 aromatic heterocycles. The second-order valence-electron chi connectivity index (χ2n) is 6.14. The van der Waals surface area contributed by atoms with Crippen molar-refractivity contribution in [3.63, 3.8) is 0 Å². The van der Waals surface area contributed by atoms with Crippen LogP contribution >= 0.6 is 11.5 Å². The van der Waals surface area contributed by atoms with Gasteiger partial charge in [-0.2, -0.15) is 3.96 Å². The highest BCUT2D eigenvalue weighted by Gasteiger charge is 2.18. The van der Waals surface area contributed by atoms with Gasteiger partial charge in [0.15, 0.2) is 11.5 Å². The van der Waals surface area contributed by atoms with Gasteiger partial charge in [0.25, 0.3) is 5.56 Å². The second-order valence-corrected chi connectivity index (χ2v) is 7.08. The van der Waals surface area contributed by atoms with Crippen LogP contribution in [0, 0.1) is 13.8 Å². The minimum absolute atomic E-state index is 0.182. The van der Waals surface area contributed by atoms with E-state index in [1.165, 1.54) is 21.3 Å². The van der Waals surface area contributed by atoms with Crippen LogP contribution < -0.4 is 25.1 Å². The Morgan fingerprint density at radius 1 is 1.11 bits per heavy atom. The van der Waals surface area contributed by atoms with Gasteiger partial charge >= 0.3 is 6.03 Å². The zero-order valence-corrected chi connectivity index (χ0v) is 17.1. The average molecular weight is 403 g/mol. The second kappa shape index (κ2) is 7.89. The lowest BCUT2D eigenvalue weighted by molar-refractivity contribution is 0.243. The number of rotatable bonds is 5. The van der Waals surface area contributed by atoms with Crippen LogP contribution in [-0.2, 0) is 6.54 Å². The molecule has 0 radical (unpaired) electrons. The molecule has 1 N–H and O–H groups in total. The third-order valence-corrected chi connectivity index (χ3v) is 5.22. The first kappa shape index (κ1) is 19.7. The van der Waals surface area contributed by atoms with Gasteiger partial charge in [-0.25, -0.2) is 9.78 Å². The maximum atomic E-state index is 12.6.